The third-order valence-electron chi connectivity index (χ3n) is 7.50. The number of nitrogens with zero attached hydrogens (tertiary/aromatic N) is 3. The molecule has 0 aromatic heterocycles. The first-order valence-electron chi connectivity index (χ1n) is 12.0. The molecule has 10 heteroatoms. The van der Waals surface area contributed by atoms with Gasteiger partial charge in [-0.15, -0.1) is 0 Å². The molecule has 184 valence electrons. The van der Waals surface area contributed by atoms with Gasteiger partial charge in [0.05, 0.1) is 16.7 Å². The van der Waals surface area contributed by atoms with E-state index in [-0.39, 0.29) is 18.4 Å². The van der Waals surface area contributed by atoms with Crippen LogP contribution in [0.2, 0.25) is 0 Å². The van der Waals surface area contributed by atoms with Gasteiger partial charge in [0.25, 0.3) is 11.8 Å². The van der Waals surface area contributed by atoms with Crippen LogP contribution in [0.3, 0.4) is 0 Å². The van der Waals surface area contributed by atoms with Crippen LogP contribution in [0, 0.1) is 5.92 Å². The van der Waals surface area contributed by atoms with Gasteiger partial charge in [-0.05, 0) is 53.9 Å². The van der Waals surface area contributed by atoms with Crippen molar-refractivity contribution in [3.8, 4) is 0 Å². The second-order valence-electron chi connectivity index (χ2n) is 9.91. The van der Waals surface area contributed by atoms with Crippen molar-refractivity contribution in [2.75, 3.05) is 24.5 Å². The molecular formula is C26H24N4O6. The minimum Gasteiger partial charge on any atom is -0.478 e. The highest BCUT2D eigenvalue weighted by atomic mass is 16.4. The van der Waals surface area contributed by atoms with E-state index in [1.54, 1.807) is 24.3 Å². The standard InChI is InChI=1S/C26H24N4O6/c31-22-6-5-21(23(32)27-22)30-24(33)19-7-16-12-28(13-17(16)8-20(19)25(30)34)9-14-10-29(11-14)18-3-1-15(2-4-18)26(35)36/h1-4,7-8,14,21H,5-6,9-13H2,(H,35,36)(H,27,31,32). The lowest BCUT2D eigenvalue weighted by atomic mass is 9.98. The summed E-state index contributed by atoms with van der Waals surface area (Å²) >= 11 is 0. The molecule has 0 bridgehead atoms. The van der Waals surface area contributed by atoms with Gasteiger partial charge in [0.2, 0.25) is 11.8 Å². The largest absolute Gasteiger partial charge is 0.478 e. The van der Waals surface area contributed by atoms with Crippen LogP contribution in [-0.4, -0.2) is 70.2 Å². The average Bonchev–Trinajstić information content (AvgIpc) is 3.32. The van der Waals surface area contributed by atoms with Crippen molar-refractivity contribution in [2.45, 2.75) is 32.0 Å². The van der Waals surface area contributed by atoms with Gasteiger partial charge in [0.15, 0.2) is 0 Å². The van der Waals surface area contributed by atoms with E-state index in [2.05, 4.69) is 15.1 Å². The minimum absolute atomic E-state index is 0.0987. The highest BCUT2D eigenvalue weighted by molar-refractivity contribution is 6.23. The Kier molecular flexibility index (Phi) is 5.15. The highest BCUT2D eigenvalue weighted by Gasteiger charge is 2.45. The van der Waals surface area contributed by atoms with Gasteiger partial charge in [-0.2, -0.15) is 0 Å². The van der Waals surface area contributed by atoms with Crippen LogP contribution in [0.5, 0.6) is 0 Å². The Morgan fingerprint density at radius 3 is 2.11 bits per heavy atom. The third-order valence-corrected chi connectivity index (χ3v) is 7.50. The van der Waals surface area contributed by atoms with Gasteiger partial charge >= 0.3 is 5.97 Å². The van der Waals surface area contributed by atoms with Crippen molar-refractivity contribution in [1.29, 1.82) is 0 Å². The number of carboxylic acids is 1. The number of rotatable bonds is 5. The van der Waals surface area contributed by atoms with Crippen LogP contribution in [-0.2, 0) is 22.7 Å². The Hall–Kier alpha value is -4.05. The number of imide groups is 2. The third kappa shape index (κ3) is 3.65. The summed E-state index contributed by atoms with van der Waals surface area (Å²) in [5, 5.41) is 11.3. The molecule has 0 saturated carbocycles. The fourth-order valence-electron chi connectivity index (χ4n) is 5.64. The number of carbonyl (C=O) groups is 5. The van der Waals surface area contributed by atoms with Crippen LogP contribution in [0.25, 0.3) is 0 Å². The smallest absolute Gasteiger partial charge is 0.335 e. The number of anilines is 1. The fourth-order valence-corrected chi connectivity index (χ4v) is 5.64. The highest BCUT2D eigenvalue weighted by Crippen LogP contribution is 2.34. The summed E-state index contributed by atoms with van der Waals surface area (Å²) in [4.78, 5) is 66.4. The lowest BCUT2D eigenvalue weighted by Gasteiger charge is -2.42. The first kappa shape index (κ1) is 22.4. The molecule has 4 amide bonds. The number of aromatic carboxylic acids is 1. The normalized spacial score (nSPS) is 21.9. The van der Waals surface area contributed by atoms with E-state index in [1.807, 2.05) is 12.1 Å². The quantitative estimate of drug-likeness (QED) is 0.602. The van der Waals surface area contributed by atoms with Crippen LogP contribution in [0.1, 0.15) is 55.0 Å². The number of carboxylic acid groups (broad SMARTS) is 1. The monoisotopic (exact) mass is 488 g/mol. The molecule has 10 nitrogen and oxygen atoms in total. The maximum absolute atomic E-state index is 13.1. The summed E-state index contributed by atoms with van der Waals surface area (Å²) in [5.41, 5.74) is 3.96. The number of amides is 4. The number of carbonyl (C=O) groups excluding carboxylic acids is 4. The van der Waals surface area contributed by atoms with E-state index in [0.29, 0.717) is 30.1 Å². The fraction of sp³-hybridized carbons (Fsp3) is 0.346. The van der Waals surface area contributed by atoms with E-state index >= 15 is 0 Å². The molecule has 36 heavy (non-hydrogen) atoms. The van der Waals surface area contributed by atoms with E-state index < -0.39 is 35.6 Å². The number of benzene rings is 2. The molecule has 2 aromatic rings. The second-order valence-corrected chi connectivity index (χ2v) is 9.91. The van der Waals surface area contributed by atoms with E-state index in [0.717, 1.165) is 41.3 Å². The lowest BCUT2D eigenvalue weighted by Crippen LogP contribution is -2.54. The summed E-state index contributed by atoms with van der Waals surface area (Å²) in [7, 11) is 0. The van der Waals surface area contributed by atoms with Crippen molar-refractivity contribution in [1.82, 2.24) is 15.1 Å². The topological polar surface area (TPSA) is 127 Å². The Labute approximate surface area is 206 Å². The Bertz CT molecular complexity index is 1290. The molecule has 4 aliphatic heterocycles. The molecular weight excluding hydrogens is 464 g/mol. The molecule has 2 aromatic carbocycles. The second kappa shape index (κ2) is 8.27. The molecule has 2 N–H and O–H groups in total. The number of hydrogen-bond acceptors (Lipinski definition) is 7. The number of hydrogen-bond donors (Lipinski definition) is 2. The minimum atomic E-state index is -0.955. The lowest BCUT2D eigenvalue weighted by molar-refractivity contribution is -0.136. The van der Waals surface area contributed by atoms with E-state index in [9.17, 15) is 24.0 Å². The number of nitrogens with one attached hydrogen (secondary N) is 1. The maximum Gasteiger partial charge on any atom is 0.335 e. The molecule has 0 spiro atoms. The van der Waals surface area contributed by atoms with Crippen LogP contribution < -0.4 is 10.2 Å². The van der Waals surface area contributed by atoms with Gasteiger partial charge in [-0.25, -0.2) is 4.79 Å². The number of fused-ring (bicyclic) bond motifs is 2. The Morgan fingerprint density at radius 1 is 0.944 bits per heavy atom. The maximum atomic E-state index is 13.1. The Morgan fingerprint density at radius 2 is 1.56 bits per heavy atom. The summed E-state index contributed by atoms with van der Waals surface area (Å²) in [5.74, 6) is -2.42. The summed E-state index contributed by atoms with van der Waals surface area (Å²) in [6, 6.07) is 9.51. The predicted molar refractivity (Wildman–Crippen MR) is 126 cm³/mol. The van der Waals surface area contributed by atoms with Gasteiger partial charge in [0, 0.05) is 50.7 Å². The zero-order chi connectivity index (χ0) is 25.1. The molecule has 0 aliphatic carbocycles. The molecule has 0 radical (unpaired) electrons. The van der Waals surface area contributed by atoms with Crippen molar-refractivity contribution in [2.24, 2.45) is 5.92 Å². The van der Waals surface area contributed by atoms with E-state index in [4.69, 9.17) is 5.11 Å². The molecule has 4 aliphatic rings. The molecule has 1 unspecified atom stereocenters. The van der Waals surface area contributed by atoms with Crippen molar-refractivity contribution < 1.29 is 29.1 Å². The first-order valence-corrected chi connectivity index (χ1v) is 12.0. The molecule has 6 rings (SSSR count). The molecule has 4 heterocycles. The Balaban J connectivity index is 1.09. The summed E-state index contributed by atoms with van der Waals surface area (Å²) < 4.78 is 0. The average molecular weight is 489 g/mol. The number of piperidine rings is 1. The molecule has 2 fully saturated rings. The SMILES string of the molecule is O=C1CCC(N2C(=O)c3cc4c(cc3C2=O)CN(CC2CN(c3ccc(C(=O)O)cc3)C2)C4)C(=O)N1. The predicted octanol–water partition coefficient (Wildman–Crippen LogP) is 1.24. The van der Waals surface area contributed by atoms with Crippen molar-refractivity contribution >= 4 is 35.3 Å². The zero-order valence-electron chi connectivity index (χ0n) is 19.4. The van der Waals surface area contributed by atoms with Crippen LogP contribution in [0.15, 0.2) is 36.4 Å². The summed E-state index contributed by atoms with van der Waals surface area (Å²) in [6.07, 6.45) is 0.243. The van der Waals surface area contributed by atoms with Crippen molar-refractivity contribution in [3.63, 3.8) is 0 Å². The van der Waals surface area contributed by atoms with Crippen LogP contribution >= 0.6 is 0 Å². The van der Waals surface area contributed by atoms with Gasteiger partial charge in [0.1, 0.15) is 6.04 Å². The van der Waals surface area contributed by atoms with Gasteiger partial charge < -0.3 is 10.0 Å². The molecule has 1 atom stereocenters. The first-order chi connectivity index (χ1) is 17.3. The van der Waals surface area contributed by atoms with Crippen molar-refractivity contribution in [3.05, 3.63) is 64.2 Å². The zero-order valence-corrected chi connectivity index (χ0v) is 19.4. The van der Waals surface area contributed by atoms with Gasteiger partial charge in [-0.3, -0.25) is 34.3 Å². The van der Waals surface area contributed by atoms with E-state index in [1.165, 1.54) is 0 Å². The summed E-state index contributed by atoms with van der Waals surface area (Å²) in [6.45, 7) is 4.02. The van der Waals surface area contributed by atoms with Crippen LogP contribution in [0.4, 0.5) is 5.69 Å². The molecule has 2 saturated heterocycles. The van der Waals surface area contributed by atoms with Gasteiger partial charge in [-0.1, -0.05) is 0 Å².